The van der Waals surface area contributed by atoms with Gasteiger partial charge in [0.2, 0.25) is 0 Å². The van der Waals surface area contributed by atoms with Crippen LogP contribution in [-0.2, 0) is 10.0 Å². The fraction of sp³-hybridized carbons (Fsp3) is 0.250. The first-order valence-electron chi connectivity index (χ1n) is 10.8. The van der Waals surface area contributed by atoms with Crippen molar-refractivity contribution >= 4 is 50.1 Å². The highest BCUT2D eigenvalue weighted by atomic mass is 35.5. The van der Waals surface area contributed by atoms with E-state index in [1.807, 2.05) is 18.2 Å². The predicted molar refractivity (Wildman–Crippen MR) is 137 cm³/mol. The number of piperazine rings is 1. The highest BCUT2D eigenvalue weighted by Gasteiger charge is 2.26. The monoisotopic (exact) mass is 516 g/mol. The molecule has 0 saturated carbocycles. The lowest BCUT2D eigenvalue weighted by Gasteiger charge is -2.34. The average Bonchev–Trinajstić information content (AvgIpc) is 3.19. The van der Waals surface area contributed by atoms with Crippen molar-refractivity contribution in [1.82, 2.24) is 14.8 Å². The molecule has 0 unspecified atom stereocenters. The standard InChI is InChI=1S/C24H25ClN4O3S2/c1-18-22(33-24(26-18)27-34(31,32)21-11-9-20(25)10-12-21)23(30)29-16-14-28(15-17-29)13-5-8-19-6-3-2-4-7-19/h2-12H,13-17H2,1H3,(H,26,27)/b8-5+. The highest BCUT2D eigenvalue weighted by Crippen LogP contribution is 2.27. The van der Waals surface area contributed by atoms with Gasteiger partial charge in [0, 0.05) is 37.7 Å². The molecule has 4 rings (SSSR count). The summed E-state index contributed by atoms with van der Waals surface area (Å²) < 4.78 is 27.7. The fourth-order valence-corrected chi connectivity index (χ4v) is 5.90. The summed E-state index contributed by atoms with van der Waals surface area (Å²) in [5, 5.41) is 0.615. The molecule has 1 amide bonds. The van der Waals surface area contributed by atoms with E-state index in [1.165, 1.54) is 29.8 Å². The third-order valence-electron chi connectivity index (χ3n) is 5.47. The number of benzene rings is 2. The number of rotatable bonds is 7. The van der Waals surface area contributed by atoms with Crippen LogP contribution >= 0.6 is 22.9 Å². The summed E-state index contributed by atoms with van der Waals surface area (Å²) in [6, 6.07) is 16.0. The molecular weight excluding hydrogens is 492 g/mol. The van der Waals surface area contributed by atoms with Gasteiger partial charge in [-0.15, -0.1) is 0 Å². The summed E-state index contributed by atoms with van der Waals surface area (Å²) in [5.74, 6) is -0.119. The third kappa shape index (κ3) is 6.04. The topological polar surface area (TPSA) is 82.6 Å². The zero-order chi connectivity index (χ0) is 24.1. The molecule has 2 heterocycles. The number of thiazole rings is 1. The van der Waals surface area contributed by atoms with Crippen LogP contribution in [0.3, 0.4) is 0 Å². The lowest BCUT2D eigenvalue weighted by Crippen LogP contribution is -2.48. The first kappa shape index (κ1) is 24.4. The Kier molecular flexibility index (Phi) is 7.67. The van der Waals surface area contributed by atoms with Crippen molar-refractivity contribution in [2.75, 3.05) is 37.4 Å². The SMILES string of the molecule is Cc1nc(NS(=O)(=O)c2ccc(Cl)cc2)sc1C(=O)N1CCN(C/C=C/c2ccccc2)CC1. The van der Waals surface area contributed by atoms with Gasteiger partial charge in [-0.2, -0.15) is 0 Å². The second kappa shape index (κ2) is 10.7. The minimum absolute atomic E-state index is 0.0788. The number of amides is 1. The van der Waals surface area contributed by atoms with Crippen LogP contribution in [-0.4, -0.2) is 61.8 Å². The number of nitrogens with zero attached hydrogens (tertiary/aromatic N) is 3. The Bertz CT molecular complexity index is 1270. The smallest absolute Gasteiger partial charge is 0.266 e. The zero-order valence-corrected chi connectivity index (χ0v) is 21.0. The molecule has 0 bridgehead atoms. The van der Waals surface area contributed by atoms with E-state index >= 15 is 0 Å². The molecule has 7 nitrogen and oxygen atoms in total. The molecule has 1 saturated heterocycles. The van der Waals surface area contributed by atoms with E-state index in [9.17, 15) is 13.2 Å². The fourth-order valence-electron chi connectivity index (χ4n) is 3.61. The van der Waals surface area contributed by atoms with Gasteiger partial charge in [-0.25, -0.2) is 13.4 Å². The number of hydrogen-bond acceptors (Lipinski definition) is 6. The van der Waals surface area contributed by atoms with E-state index in [4.69, 9.17) is 11.6 Å². The first-order chi connectivity index (χ1) is 16.3. The van der Waals surface area contributed by atoms with Crippen LogP contribution < -0.4 is 4.72 Å². The summed E-state index contributed by atoms with van der Waals surface area (Å²) in [7, 11) is -3.82. The molecule has 1 aliphatic heterocycles. The maximum absolute atomic E-state index is 13.1. The zero-order valence-electron chi connectivity index (χ0n) is 18.6. The lowest BCUT2D eigenvalue weighted by molar-refractivity contribution is 0.0654. The molecule has 1 aromatic heterocycles. The van der Waals surface area contributed by atoms with Crippen molar-refractivity contribution in [3.8, 4) is 0 Å². The molecule has 2 aromatic carbocycles. The lowest BCUT2D eigenvalue weighted by atomic mass is 10.2. The molecular formula is C24H25ClN4O3S2. The quantitative estimate of drug-likeness (QED) is 0.504. The van der Waals surface area contributed by atoms with Gasteiger partial charge < -0.3 is 4.90 Å². The van der Waals surface area contributed by atoms with Gasteiger partial charge >= 0.3 is 0 Å². The van der Waals surface area contributed by atoms with Crippen LogP contribution in [0, 0.1) is 6.92 Å². The maximum atomic E-state index is 13.1. The minimum Gasteiger partial charge on any atom is -0.335 e. The van der Waals surface area contributed by atoms with E-state index in [1.54, 1.807) is 11.8 Å². The number of sulfonamides is 1. The summed E-state index contributed by atoms with van der Waals surface area (Å²) in [4.78, 5) is 22.0. The Morgan fingerprint density at radius 2 is 1.76 bits per heavy atom. The van der Waals surface area contributed by atoms with Crippen LogP contribution in [0.15, 0.2) is 65.6 Å². The van der Waals surface area contributed by atoms with Crippen LogP contribution in [0.1, 0.15) is 20.9 Å². The van der Waals surface area contributed by atoms with Gasteiger partial charge in [0.05, 0.1) is 10.6 Å². The summed E-state index contributed by atoms with van der Waals surface area (Å²) >= 11 is 6.89. The van der Waals surface area contributed by atoms with Crippen molar-refractivity contribution in [3.05, 3.63) is 81.8 Å². The maximum Gasteiger partial charge on any atom is 0.266 e. The summed E-state index contributed by atoms with van der Waals surface area (Å²) in [6.45, 7) is 5.32. The van der Waals surface area contributed by atoms with E-state index in [0.717, 1.165) is 31.0 Å². The normalized spacial score (nSPS) is 15.1. The molecule has 178 valence electrons. The Hall–Kier alpha value is -2.72. The molecule has 0 radical (unpaired) electrons. The first-order valence-corrected chi connectivity index (χ1v) is 13.5. The molecule has 0 aliphatic carbocycles. The molecule has 1 fully saturated rings. The molecule has 3 aromatic rings. The Morgan fingerprint density at radius 1 is 1.09 bits per heavy atom. The summed E-state index contributed by atoms with van der Waals surface area (Å²) in [6.07, 6.45) is 4.24. The number of carbonyl (C=O) groups is 1. The van der Waals surface area contributed by atoms with Gasteiger partial charge in [-0.3, -0.25) is 14.4 Å². The Labute approximate surface area is 208 Å². The van der Waals surface area contributed by atoms with Crippen molar-refractivity contribution in [1.29, 1.82) is 0 Å². The molecule has 1 N–H and O–H groups in total. The van der Waals surface area contributed by atoms with Crippen molar-refractivity contribution in [2.24, 2.45) is 0 Å². The Balaban J connectivity index is 1.34. The Morgan fingerprint density at radius 3 is 2.44 bits per heavy atom. The molecule has 0 atom stereocenters. The minimum atomic E-state index is -3.82. The predicted octanol–water partition coefficient (Wildman–Crippen LogP) is 4.38. The van der Waals surface area contributed by atoms with E-state index in [-0.39, 0.29) is 15.9 Å². The van der Waals surface area contributed by atoms with Gasteiger partial charge in [-0.1, -0.05) is 65.4 Å². The number of hydrogen-bond donors (Lipinski definition) is 1. The number of aromatic nitrogens is 1. The average molecular weight is 517 g/mol. The highest BCUT2D eigenvalue weighted by molar-refractivity contribution is 7.93. The second-order valence-corrected chi connectivity index (χ2v) is 11.0. The van der Waals surface area contributed by atoms with Crippen LogP contribution in [0.2, 0.25) is 5.02 Å². The molecule has 10 heteroatoms. The van der Waals surface area contributed by atoms with Crippen molar-refractivity contribution in [3.63, 3.8) is 0 Å². The van der Waals surface area contributed by atoms with E-state index in [0.29, 0.717) is 28.7 Å². The van der Waals surface area contributed by atoms with Crippen LogP contribution in [0.5, 0.6) is 0 Å². The van der Waals surface area contributed by atoms with Crippen molar-refractivity contribution < 1.29 is 13.2 Å². The van der Waals surface area contributed by atoms with Gasteiger partial charge in [0.25, 0.3) is 15.9 Å². The van der Waals surface area contributed by atoms with Gasteiger partial charge in [0.1, 0.15) is 4.88 Å². The van der Waals surface area contributed by atoms with E-state index < -0.39 is 10.0 Å². The number of anilines is 1. The number of halogens is 1. The number of aryl methyl sites for hydroxylation is 1. The van der Waals surface area contributed by atoms with Gasteiger partial charge in [-0.05, 0) is 36.8 Å². The summed E-state index contributed by atoms with van der Waals surface area (Å²) in [5.41, 5.74) is 1.68. The molecule has 0 spiro atoms. The van der Waals surface area contributed by atoms with Crippen molar-refractivity contribution in [2.45, 2.75) is 11.8 Å². The van der Waals surface area contributed by atoms with Crippen LogP contribution in [0.4, 0.5) is 5.13 Å². The number of carbonyl (C=O) groups excluding carboxylic acids is 1. The largest absolute Gasteiger partial charge is 0.335 e. The van der Waals surface area contributed by atoms with Crippen LogP contribution in [0.25, 0.3) is 6.08 Å². The number of nitrogens with one attached hydrogen (secondary N) is 1. The van der Waals surface area contributed by atoms with Gasteiger partial charge in [0.15, 0.2) is 5.13 Å². The molecule has 34 heavy (non-hydrogen) atoms. The van der Waals surface area contributed by atoms with E-state index in [2.05, 4.69) is 38.9 Å². The molecule has 1 aliphatic rings. The third-order valence-corrected chi connectivity index (χ3v) is 8.27. The second-order valence-electron chi connectivity index (χ2n) is 7.90.